The van der Waals surface area contributed by atoms with Crippen molar-refractivity contribution in [3.63, 3.8) is 0 Å². The molecule has 128 valence electrons. The first-order chi connectivity index (χ1) is 12.1. The van der Waals surface area contributed by atoms with E-state index in [0.717, 1.165) is 36.5 Å². The van der Waals surface area contributed by atoms with Crippen molar-refractivity contribution in [3.8, 4) is 17.0 Å². The molecule has 2 aromatic heterocycles. The Labute approximate surface area is 146 Å². The molecule has 0 unspecified atom stereocenters. The largest absolute Gasteiger partial charge is 0.508 e. The Morgan fingerprint density at radius 3 is 2.44 bits per heavy atom. The molecule has 0 aliphatic carbocycles. The van der Waals surface area contributed by atoms with Gasteiger partial charge in [0, 0.05) is 18.3 Å². The van der Waals surface area contributed by atoms with Crippen LogP contribution < -0.4 is 0 Å². The predicted octanol–water partition coefficient (Wildman–Crippen LogP) is 3.61. The second-order valence-electron chi connectivity index (χ2n) is 6.64. The molecule has 0 radical (unpaired) electrons. The van der Waals surface area contributed by atoms with Crippen LogP contribution in [0.5, 0.6) is 5.75 Å². The molecule has 0 aliphatic rings. The van der Waals surface area contributed by atoms with Gasteiger partial charge < -0.3 is 14.6 Å². The Balaban J connectivity index is 1.81. The van der Waals surface area contributed by atoms with Gasteiger partial charge in [-0.25, -0.2) is 4.98 Å². The molecule has 0 aliphatic heterocycles. The van der Waals surface area contributed by atoms with Crippen molar-refractivity contribution in [1.82, 2.24) is 18.9 Å². The fourth-order valence-electron chi connectivity index (χ4n) is 3.28. The minimum Gasteiger partial charge on any atom is -0.508 e. The molecule has 5 nitrogen and oxygen atoms in total. The number of nitrogens with zero attached hydrogens (tertiary/aromatic N) is 4. The van der Waals surface area contributed by atoms with E-state index in [-0.39, 0.29) is 5.75 Å². The van der Waals surface area contributed by atoms with Crippen molar-refractivity contribution in [3.05, 3.63) is 54.7 Å². The number of fused-ring (bicyclic) bond motifs is 3. The summed E-state index contributed by atoms with van der Waals surface area (Å²) in [5.41, 5.74) is 4.30. The number of benzene rings is 2. The van der Waals surface area contributed by atoms with Crippen LogP contribution in [0.2, 0.25) is 0 Å². The van der Waals surface area contributed by atoms with Crippen LogP contribution in [0.4, 0.5) is 0 Å². The quantitative estimate of drug-likeness (QED) is 0.606. The highest BCUT2D eigenvalue weighted by Gasteiger charge is 2.14. The van der Waals surface area contributed by atoms with Gasteiger partial charge >= 0.3 is 0 Å². The van der Waals surface area contributed by atoms with Crippen molar-refractivity contribution in [2.75, 3.05) is 20.6 Å². The van der Waals surface area contributed by atoms with Gasteiger partial charge in [0.1, 0.15) is 5.75 Å². The van der Waals surface area contributed by atoms with Crippen LogP contribution in [0.25, 0.3) is 28.1 Å². The minimum atomic E-state index is 0.270. The maximum atomic E-state index is 9.50. The highest BCUT2D eigenvalue weighted by Crippen LogP contribution is 2.26. The van der Waals surface area contributed by atoms with Crippen molar-refractivity contribution in [2.24, 2.45) is 0 Å². The summed E-state index contributed by atoms with van der Waals surface area (Å²) in [7, 11) is 4.20. The van der Waals surface area contributed by atoms with Gasteiger partial charge in [0.15, 0.2) is 0 Å². The van der Waals surface area contributed by atoms with Crippen molar-refractivity contribution < 1.29 is 5.11 Å². The number of para-hydroxylation sites is 2. The number of aryl methyl sites for hydroxylation is 1. The lowest BCUT2D eigenvalue weighted by Crippen LogP contribution is -2.15. The third-order valence-corrected chi connectivity index (χ3v) is 4.51. The average Bonchev–Trinajstić information content (AvgIpc) is 3.14. The molecule has 2 aromatic carbocycles. The van der Waals surface area contributed by atoms with Crippen LogP contribution in [0.3, 0.4) is 0 Å². The summed E-state index contributed by atoms with van der Waals surface area (Å²) in [6, 6.07) is 15.6. The summed E-state index contributed by atoms with van der Waals surface area (Å²) >= 11 is 0. The van der Waals surface area contributed by atoms with Crippen molar-refractivity contribution in [2.45, 2.75) is 13.0 Å². The number of phenols is 1. The number of aromatic hydroxyl groups is 1. The number of aromatic nitrogens is 3. The molecule has 25 heavy (non-hydrogen) atoms. The summed E-state index contributed by atoms with van der Waals surface area (Å²) in [5, 5.41) is 9.50. The predicted molar refractivity (Wildman–Crippen MR) is 101 cm³/mol. The Kier molecular flexibility index (Phi) is 3.93. The summed E-state index contributed by atoms with van der Waals surface area (Å²) in [6.07, 6.45) is 3.15. The van der Waals surface area contributed by atoms with Gasteiger partial charge in [0.05, 0.1) is 16.7 Å². The monoisotopic (exact) mass is 334 g/mol. The third-order valence-electron chi connectivity index (χ3n) is 4.51. The van der Waals surface area contributed by atoms with Gasteiger partial charge in [-0.1, -0.05) is 12.1 Å². The van der Waals surface area contributed by atoms with Crippen molar-refractivity contribution in [1.29, 1.82) is 0 Å². The lowest BCUT2D eigenvalue weighted by molar-refractivity contribution is 0.389. The Hall–Kier alpha value is -2.79. The first-order valence-electron chi connectivity index (χ1n) is 8.54. The van der Waals surface area contributed by atoms with E-state index >= 15 is 0 Å². The maximum absolute atomic E-state index is 9.50. The second kappa shape index (κ2) is 6.26. The molecule has 2 heterocycles. The lowest BCUT2D eigenvalue weighted by atomic mass is 10.2. The van der Waals surface area contributed by atoms with Crippen LogP contribution in [0, 0.1) is 0 Å². The molecule has 1 N–H and O–H groups in total. The van der Waals surface area contributed by atoms with E-state index in [0.29, 0.717) is 0 Å². The maximum Gasteiger partial charge on any atom is 0.215 e. The fraction of sp³-hybridized carbons (Fsp3) is 0.250. The van der Waals surface area contributed by atoms with E-state index in [1.54, 1.807) is 12.1 Å². The minimum absolute atomic E-state index is 0.270. The van der Waals surface area contributed by atoms with Crippen LogP contribution in [0.15, 0.2) is 54.7 Å². The van der Waals surface area contributed by atoms with Crippen molar-refractivity contribution >= 4 is 16.8 Å². The van der Waals surface area contributed by atoms with Gasteiger partial charge in [-0.2, -0.15) is 0 Å². The Bertz CT molecular complexity index is 1010. The smallest absolute Gasteiger partial charge is 0.215 e. The Morgan fingerprint density at radius 2 is 1.72 bits per heavy atom. The van der Waals surface area contributed by atoms with E-state index in [1.807, 2.05) is 12.1 Å². The van der Waals surface area contributed by atoms with Crippen LogP contribution >= 0.6 is 0 Å². The zero-order chi connectivity index (χ0) is 17.4. The molecule has 5 heteroatoms. The molecule has 4 rings (SSSR count). The van der Waals surface area contributed by atoms with Gasteiger partial charge in [-0.15, -0.1) is 0 Å². The number of phenolic OH excluding ortho intramolecular Hbond substituents is 1. The molecular weight excluding hydrogens is 312 g/mol. The van der Waals surface area contributed by atoms with E-state index in [4.69, 9.17) is 4.98 Å². The van der Waals surface area contributed by atoms with E-state index in [1.165, 1.54) is 11.0 Å². The average molecular weight is 334 g/mol. The Morgan fingerprint density at radius 1 is 1.00 bits per heavy atom. The molecule has 0 atom stereocenters. The summed E-state index contributed by atoms with van der Waals surface area (Å²) < 4.78 is 4.45. The fourth-order valence-corrected chi connectivity index (χ4v) is 3.28. The van der Waals surface area contributed by atoms with E-state index in [2.05, 4.69) is 58.4 Å². The molecule has 0 saturated carbocycles. The van der Waals surface area contributed by atoms with E-state index in [9.17, 15) is 5.11 Å². The number of hydrogen-bond donors (Lipinski definition) is 1. The molecule has 0 amide bonds. The zero-order valence-electron chi connectivity index (χ0n) is 14.6. The van der Waals surface area contributed by atoms with Gasteiger partial charge in [0.2, 0.25) is 5.78 Å². The van der Waals surface area contributed by atoms with Crippen LogP contribution in [-0.4, -0.2) is 44.6 Å². The lowest BCUT2D eigenvalue weighted by Gasteiger charge is -2.10. The van der Waals surface area contributed by atoms with Gasteiger partial charge in [0.25, 0.3) is 0 Å². The van der Waals surface area contributed by atoms with Crippen LogP contribution in [0.1, 0.15) is 6.42 Å². The SMILES string of the molecule is CN(C)CCCn1c2ccccc2n2cc(-c3ccc(O)cc3)nc12. The first-order valence-corrected chi connectivity index (χ1v) is 8.54. The zero-order valence-corrected chi connectivity index (χ0v) is 14.6. The topological polar surface area (TPSA) is 45.7 Å². The van der Waals surface area contributed by atoms with E-state index < -0.39 is 0 Å². The molecular formula is C20H22N4O. The number of imidazole rings is 2. The molecule has 0 saturated heterocycles. The molecule has 4 aromatic rings. The number of hydrogen-bond acceptors (Lipinski definition) is 3. The van der Waals surface area contributed by atoms with Gasteiger partial charge in [-0.3, -0.25) is 4.40 Å². The van der Waals surface area contributed by atoms with Gasteiger partial charge in [-0.05, 0) is 63.5 Å². The summed E-state index contributed by atoms with van der Waals surface area (Å²) in [5.74, 6) is 1.23. The standard InChI is InChI=1S/C20H22N4O/c1-22(2)12-5-13-23-18-6-3-4-7-19(18)24-14-17(21-20(23)24)15-8-10-16(25)11-9-15/h3-4,6-11,14,25H,5,12-13H2,1-2H3. The third kappa shape index (κ3) is 2.87. The molecule has 0 fully saturated rings. The summed E-state index contributed by atoms with van der Waals surface area (Å²) in [4.78, 5) is 7.08. The normalized spacial score (nSPS) is 11.8. The van der Waals surface area contributed by atoms with Crippen LogP contribution in [-0.2, 0) is 6.54 Å². The first kappa shape index (κ1) is 15.7. The highest BCUT2D eigenvalue weighted by atomic mass is 16.3. The summed E-state index contributed by atoms with van der Waals surface area (Å²) in [6.45, 7) is 1.98. The molecule has 0 spiro atoms. The second-order valence-corrected chi connectivity index (χ2v) is 6.64. The number of rotatable bonds is 5. The highest BCUT2D eigenvalue weighted by molar-refractivity contribution is 5.82. The molecule has 0 bridgehead atoms.